The molecule has 1 N–H and O–H groups in total. The van der Waals surface area contributed by atoms with Crippen LogP contribution < -0.4 is 5.56 Å². The van der Waals surface area contributed by atoms with Crippen LogP contribution in [0.15, 0.2) is 15.7 Å². The lowest BCUT2D eigenvalue weighted by atomic mass is 10.5. The largest absolute Gasteiger partial charge is 0.310 e. The number of rotatable bonds is 0. The number of nitrogens with zero attached hydrogens (tertiary/aromatic N) is 3. The molecule has 62 valence electrons. The molecular weight excluding hydrogens is 231 g/mol. The zero-order valence-electron chi connectivity index (χ0n) is 5.58. The van der Waals surface area contributed by atoms with Crippen molar-refractivity contribution in [2.45, 2.75) is 0 Å². The summed E-state index contributed by atoms with van der Waals surface area (Å²) < 4.78 is 13.9. The highest BCUT2D eigenvalue weighted by molar-refractivity contribution is 9.10. The fraction of sp³-hybridized carbons (Fsp3) is 0. The Hall–Kier alpha value is -1.24. The summed E-state index contributed by atoms with van der Waals surface area (Å²) in [6.45, 7) is 0. The van der Waals surface area contributed by atoms with Crippen molar-refractivity contribution in [3.63, 3.8) is 0 Å². The number of hydrogen-bond donors (Lipinski definition) is 1. The average molecular weight is 233 g/mol. The van der Waals surface area contributed by atoms with Crippen LogP contribution in [0.4, 0.5) is 4.39 Å². The molecule has 12 heavy (non-hydrogen) atoms. The van der Waals surface area contributed by atoms with E-state index in [2.05, 4.69) is 31.1 Å². The molecule has 0 aliphatic rings. The van der Waals surface area contributed by atoms with Gasteiger partial charge in [0.2, 0.25) is 0 Å². The van der Waals surface area contributed by atoms with Gasteiger partial charge in [-0.25, -0.2) is 4.39 Å². The summed E-state index contributed by atoms with van der Waals surface area (Å²) in [4.78, 5) is 13.2. The van der Waals surface area contributed by atoms with Gasteiger partial charge in [-0.15, -0.1) is 14.8 Å². The van der Waals surface area contributed by atoms with Gasteiger partial charge in [0.05, 0.1) is 0 Å². The maximum absolute atomic E-state index is 13.0. The lowest BCUT2D eigenvalue weighted by Gasteiger charge is -1.86. The van der Waals surface area contributed by atoms with Gasteiger partial charge >= 0.3 is 0 Å². The monoisotopic (exact) mass is 232 g/mol. The molecule has 0 saturated carbocycles. The number of fused-ring (bicyclic) bond motifs is 1. The number of nitrogens with one attached hydrogen (secondary N) is 1. The predicted molar refractivity (Wildman–Crippen MR) is 41.3 cm³/mol. The third-order valence-electron chi connectivity index (χ3n) is 1.35. The summed E-state index contributed by atoms with van der Waals surface area (Å²) in [5.74, 6) is -0.704. The molecule has 0 spiro atoms. The Morgan fingerprint density at radius 1 is 1.67 bits per heavy atom. The van der Waals surface area contributed by atoms with E-state index in [0.29, 0.717) is 0 Å². The topological polar surface area (TPSA) is 63.0 Å². The fourth-order valence-electron chi connectivity index (χ4n) is 0.847. The van der Waals surface area contributed by atoms with Crippen LogP contribution in [0.5, 0.6) is 0 Å². The molecule has 0 aliphatic carbocycles. The van der Waals surface area contributed by atoms with Crippen LogP contribution in [-0.2, 0) is 0 Å². The first-order valence-electron chi connectivity index (χ1n) is 2.98. The minimum absolute atomic E-state index is 0.0216. The molecule has 0 saturated heterocycles. The van der Waals surface area contributed by atoms with E-state index >= 15 is 0 Å². The number of hydrogen-bond acceptors (Lipinski definition) is 3. The lowest BCUT2D eigenvalue weighted by molar-refractivity contribution is 0.630. The van der Waals surface area contributed by atoms with Crippen LogP contribution in [0.2, 0.25) is 0 Å². The summed E-state index contributed by atoms with van der Waals surface area (Å²) in [5.41, 5.74) is -0.745. The normalized spacial score (nSPS) is 10.8. The molecule has 2 heterocycles. The Kier molecular flexibility index (Phi) is 1.47. The lowest BCUT2D eigenvalue weighted by Crippen LogP contribution is -2.11. The van der Waals surface area contributed by atoms with E-state index in [1.165, 1.54) is 0 Å². The van der Waals surface area contributed by atoms with Gasteiger partial charge in [-0.05, 0) is 15.9 Å². The smallest absolute Gasteiger partial charge is 0.280 e. The number of aromatic amines is 1. The van der Waals surface area contributed by atoms with Crippen molar-refractivity contribution < 1.29 is 4.39 Å². The molecule has 7 heteroatoms. The van der Waals surface area contributed by atoms with Gasteiger partial charge in [0.1, 0.15) is 6.33 Å². The maximum atomic E-state index is 13.0. The quantitative estimate of drug-likeness (QED) is 0.712. The Morgan fingerprint density at radius 2 is 2.42 bits per heavy atom. The molecule has 0 radical (unpaired) electrons. The summed E-state index contributed by atoms with van der Waals surface area (Å²) >= 11 is 2.84. The van der Waals surface area contributed by atoms with Crippen molar-refractivity contribution in [2.24, 2.45) is 0 Å². The summed E-state index contributed by atoms with van der Waals surface area (Å²) in [6.07, 6.45) is 1.15. The molecule has 0 fully saturated rings. The van der Waals surface area contributed by atoms with Gasteiger partial charge in [0, 0.05) is 0 Å². The molecule has 0 amide bonds. The second kappa shape index (κ2) is 2.37. The van der Waals surface area contributed by atoms with Crippen molar-refractivity contribution in [3.05, 3.63) is 27.1 Å². The van der Waals surface area contributed by atoms with Crippen molar-refractivity contribution in [2.75, 3.05) is 0 Å². The first-order chi connectivity index (χ1) is 5.70. The van der Waals surface area contributed by atoms with E-state index in [4.69, 9.17) is 0 Å². The minimum Gasteiger partial charge on any atom is -0.310 e. The molecule has 0 aliphatic heterocycles. The second-order valence-corrected chi connectivity index (χ2v) is 2.81. The van der Waals surface area contributed by atoms with Crippen LogP contribution in [0.25, 0.3) is 5.52 Å². The number of H-pyrrole nitrogens is 1. The Labute approximate surface area is 73.3 Å². The highest BCUT2D eigenvalue weighted by Crippen LogP contribution is 2.14. The van der Waals surface area contributed by atoms with E-state index in [-0.39, 0.29) is 10.1 Å². The first kappa shape index (κ1) is 7.41. The van der Waals surface area contributed by atoms with E-state index in [0.717, 1.165) is 11.0 Å². The van der Waals surface area contributed by atoms with Crippen molar-refractivity contribution >= 4 is 21.4 Å². The van der Waals surface area contributed by atoms with Crippen molar-refractivity contribution in [3.8, 4) is 0 Å². The van der Waals surface area contributed by atoms with Gasteiger partial charge < -0.3 is 4.98 Å². The number of aromatic nitrogens is 4. The van der Waals surface area contributed by atoms with E-state index in [1.807, 2.05) is 0 Å². The molecule has 0 bridgehead atoms. The highest BCUT2D eigenvalue weighted by atomic mass is 79.9. The van der Waals surface area contributed by atoms with E-state index < -0.39 is 11.4 Å². The molecule has 0 atom stereocenters. The second-order valence-electron chi connectivity index (χ2n) is 2.06. The van der Waals surface area contributed by atoms with Gasteiger partial charge in [-0.3, -0.25) is 4.79 Å². The van der Waals surface area contributed by atoms with E-state index in [9.17, 15) is 9.18 Å². The van der Waals surface area contributed by atoms with Crippen LogP contribution in [0.3, 0.4) is 0 Å². The average Bonchev–Trinajstić information content (AvgIpc) is 2.29. The molecule has 2 aromatic heterocycles. The fourth-order valence-corrected chi connectivity index (χ4v) is 1.19. The van der Waals surface area contributed by atoms with Crippen LogP contribution >= 0.6 is 15.9 Å². The Bertz CT molecular complexity index is 490. The molecule has 2 aromatic rings. The molecule has 0 unspecified atom stereocenters. The third-order valence-corrected chi connectivity index (χ3v) is 1.86. The summed E-state index contributed by atoms with van der Waals surface area (Å²) in [6, 6.07) is 0. The van der Waals surface area contributed by atoms with Gasteiger partial charge in [0.25, 0.3) is 5.56 Å². The molecular formula is C5H2BrFN4O. The summed E-state index contributed by atoms with van der Waals surface area (Å²) in [7, 11) is 0. The van der Waals surface area contributed by atoms with Crippen molar-refractivity contribution in [1.82, 2.24) is 19.8 Å². The predicted octanol–water partition coefficient (Wildman–Crippen LogP) is 0.319. The van der Waals surface area contributed by atoms with Crippen LogP contribution in [-0.4, -0.2) is 19.8 Å². The van der Waals surface area contributed by atoms with E-state index in [1.54, 1.807) is 0 Å². The third kappa shape index (κ3) is 0.860. The van der Waals surface area contributed by atoms with Crippen molar-refractivity contribution in [1.29, 1.82) is 0 Å². The SMILES string of the molecule is O=c1[nH]cnn2nc(Br)c(F)c12. The standard InChI is InChI=1S/C5H2BrFN4O/c6-4-2(7)3-5(12)8-1-9-11(3)10-4/h1H,(H,8,9,12). The van der Waals surface area contributed by atoms with Gasteiger partial charge in [0.15, 0.2) is 15.9 Å². The van der Waals surface area contributed by atoms with Crippen LogP contribution in [0.1, 0.15) is 0 Å². The molecule has 0 aromatic carbocycles. The van der Waals surface area contributed by atoms with Gasteiger partial charge in [-0.2, -0.15) is 0 Å². The summed E-state index contributed by atoms with van der Waals surface area (Å²) in [5, 5.41) is 7.20. The maximum Gasteiger partial charge on any atom is 0.280 e. The minimum atomic E-state index is -0.704. The highest BCUT2D eigenvalue weighted by Gasteiger charge is 2.13. The zero-order valence-corrected chi connectivity index (χ0v) is 7.17. The van der Waals surface area contributed by atoms with Gasteiger partial charge in [-0.1, -0.05) is 0 Å². The molecule has 5 nitrogen and oxygen atoms in total. The molecule has 2 rings (SSSR count). The first-order valence-corrected chi connectivity index (χ1v) is 3.77. The zero-order chi connectivity index (χ0) is 8.72. The Morgan fingerprint density at radius 3 is 3.08 bits per heavy atom. The van der Waals surface area contributed by atoms with Crippen LogP contribution in [0, 0.1) is 5.82 Å². The number of halogens is 2. The Balaban J connectivity index is 3.07.